The lowest BCUT2D eigenvalue weighted by Crippen LogP contribution is -2.49. The Kier molecular flexibility index (Phi) is 8.66. The fourth-order valence-corrected chi connectivity index (χ4v) is 9.44. The monoisotopic (exact) mass is 444 g/mol. The molecule has 0 spiro atoms. The van der Waals surface area contributed by atoms with Crippen LogP contribution in [0.25, 0.3) is 0 Å². The van der Waals surface area contributed by atoms with E-state index in [4.69, 9.17) is 4.74 Å². The Hall–Kier alpha value is -0.305. The van der Waals surface area contributed by atoms with Crippen LogP contribution < -0.4 is 0 Å². The molecule has 2 nitrogen and oxygen atoms in total. The van der Waals surface area contributed by atoms with Crippen molar-refractivity contribution in [1.29, 1.82) is 0 Å². The minimum absolute atomic E-state index is 0. The lowest BCUT2D eigenvalue weighted by atomic mass is 9.50. The Morgan fingerprint density at radius 2 is 1.66 bits per heavy atom. The molecule has 5 rings (SSSR count). The van der Waals surface area contributed by atoms with Crippen LogP contribution in [-0.4, -0.2) is 26.9 Å². The molecule has 32 heavy (non-hydrogen) atoms. The van der Waals surface area contributed by atoms with Crippen molar-refractivity contribution in [3.63, 3.8) is 0 Å². The first-order chi connectivity index (χ1) is 14.5. The summed E-state index contributed by atoms with van der Waals surface area (Å²) < 4.78 is 6.33. The number of rotatable bonds is 3. The predicted octanol–water partition coefficient (Wildman–Crippen LogP) is 7.27. The second-order valence-electron chi connectivity index (χ2n) is 12.6. The summed E-state index contributed by atoms with van der Waals surface area (Å²) in [6, 6.07) is 0. The summed E-state index contributed by atoms with van der Waals surface area (Å²) in [5.41, 5.74) is 0. The van der Waals surface area contributed by atoms with Crippen LogP contribution >= 0.6 is 0 Å². The largest absolute Gasteiger partial charge is 0.378 e. The average molecular weight is 445 g/mol. The van der Waals surface area contributed by atoms with Crippen LogP contribution in [0.4, 0.5) is 0 Å². The Bertz CT molecular complexity index is 639. The molecule has 0 N–H and O–H groups in total. The van der Waals surface area contributed by atoms with Crippen molar-refractivity contribution in [2.45, 2.75) is 105 Å². The molecule has 183 valence electrons. The summed E-state index contributed by atoms with van der Waals surface area (Å²) >= 11 is 0. The Labute approximate surface area is 202 Å². The Morgan fingerprint density at radius 1 is 0.938 bits per heavy atom. The second-order valence-corrected chi connectivity index (χ2v) is 12.6. The van der Waals surface area contributed by atoms with Gasteiger partial charge in [-0.1, -0.05) is 54.4 Å². The number of ketones is 1. The molecule has 1 aliphatic heterocycles. The van der Waals surface area contributed by atoms with E-state index in [0.29, 0.717) is 41.5 Å². The Balaban J connectivity index is 0.00000128. The van der Waals surface area contributed by atoms with Gasteiger partial charge in [-0.05, 0) is 97.7 Å². The SMILES string of the molecule is C.CC(C)C1CCOC(C(C)C2CC(=O)C3C2CCC2C4CCCCC4CC(C)C23)C1.[2HH].[B]. The first-order valence-corrected chi connectivity index (χ1v) is 13.6. The number of Topliss-reactive ketones (excluding diaryl/α,β-unsaturated/α-hetero) is 1. The average Bonchev–Trinajstić information content (AvgIpc) is 3.10. The van der Waals surface area contributed by atoms with E-state index in [9.17, 15) is 4.79 Å². The van der Waals surface area contributed by atoms with Gasteiger partial charge in [-0.15, -0.1) is 0 Å². The molecule has 1 heterocycles. The maximum absolute atomic E-state index is 13.5. The number of hydrogen-bond acceptors (Lipinski definition) is 2. The fraction of sp³-hybridized carbons (Fsp3) is 0.966. The molecule has 11 atom stereocenters. The van der Waals surface area contributed by atoms with Gasteiger partial charge in [0, 0.05) is 28.8 Å². The van der Waals surface area contributed by atoms with Gasteiger partial charge >= 0.3 is 0 Å². The van der Waals surface area contributed by atoms with Gasteiger partial charge in [-0.25, -0.2) is 0 Å². The minimum Gasteiger partial charge on any atom is -0.378 e. The molecule has 0 aromatic carbocycles. The molecule has 0 aromatic rings. The first-order valence-electron chi connectivity index (χ1n) is 13.6. The van der Waals surface area contributed by atoms with Crippen molar-refractivity contribution in [3.05, 3.63) is 0 Å². The zero-order valence-electron chi connectivity index (χ0n) is 20.6. The van der Waals surface area contributed by atoms with E-state index in [0.717, 1.165) is 48.5 Å². The molecule has 3 radical (unpaired) electrons. The molecule has 0 bridgehead atoms. The number of hydrogen-bond donors (Lipinski definition) is 0. The third-order valence-electron chi connectivity index (χ3n) is 11.0. The highest BCUT2D eigenvalue weighted by atomic mass is 16.5. The highest BCUT2D eigenvalue weighted by Gasteiger charge is 2.57. The van der Waals surface area contributed by atoms with Crippen LogP contribution in [0, 0.1) is 65.1 Å². The molecule has 11 unspecified atom stereocenters. The maximum Gasteiger partial charge on any atom is 0.136 e. The normalized spacial score (nSPS) is 46.8. The number of ether oxygens (including phenoxy) is 1. The molecule has 4 aliphatic carbocycles. The zero-order valence-corrected chi connectivity index (χ0v) is 20.6. The van der Waals surface area contributed by atoms with Crippen LogP contribution in [0.1, 0.15) is 101 Å². The molecule has 4 saturated carbocycles. The Morgan fingerprint density at radius 3 is 2.41 bits per heavy atom. The van der Waals surface area contributed by atoms with Gasteiger partial charge in [-0.3, -0.25) is 4.79 Å². The van der Waals surface area contributed by atoms with Gasteiger partial charge in [0.1, 0.15) is 5.78 Å². The van der Waals surface area contributed by atoms with Gasteiger partial charge < -0.3 is 4.74 Å². The summed E-state index contributed by atoms with van der Waals surface area (Å²) in [6.45, 7) is 10.6. The van der Waals surface area contributed by atoms with Crippen molar-refractivity contribution < 1.29 is 11.0 Å². The van der Waals surface area contributed by atoms with E-state index in [2.05, 4.69) is 27.7 Å². The third-order valence-corrected chi connectivity index (χ3v) is 11.0. The van der Waals surface area contributed by atoms with E-state index in [1.54, 1.807) is 0 Å². The van der Waals surface area contributed by atoms with E-state index >= 15 is 0 Å². The summed E-state index contributed by atoms with van der Waals surface area (Å²) in [6.07, 6.45) is 13.6. The van der Waals surface area contributed by atoms with E-state index in [1.165, 1.54) is 57.8 Å². The van der Waals surface area contributed by atoms with Crippen LogP contribution in [0.15, 0.2) is 0 Å². The zero-order chi connectivity index (χ0) is 21.0. The standard InChI is InChI=1S/C28H46O2.CH4.B.H2/c1-16(2)19-11-12-30-26(14-19)18(4)24-15-25(29)28-23(24)10-9-22-21-8-6-5-7-20(21)13-17(3)27(22)28;;;/h16-24,26-28H,5-15H2,1-4H3;1H4;;1H/i;;;1+1. The molecule has 3 heteroatoms. The molecule has 0 amide bonds. The van der Waals surface area contributed by atoms with Crippen LogP contribution in [0.2, 0.25) is 0 Å². The smallest absolute Gasteiger partial charge is 0.136 e. The van der Waals surface area contributed by atoms with Crippen LogP contribution in [0.3, 0.4) is 0 Å². The highest BCUT2D eigenvalue weighted by Crippen LogP contribution is 2.61. The van der Waals surface area contributed by atoms with Crippen molar-refractivity contribution in [2.24, 2.45) is 65.1 Å². The third kappa shape index (κ3) is 4.50. The minimum atomic E-state index is 0. The predicted molar refractivity (Wildman–Crippen MR) is 137 cm³/mol. The summed E-state index contributed by atoms with van der Waals surface area (Å²) in [5.74, 6) is 8.59. The second kappa shape index (κ2) is 10.5. The molecule has 5 fully saturated rings. The maximum atomic E-state index is 13.5. The summed E-state index contributed by atoms with van der Waals surface area (Å²) in [7, 11) is 0. The van der Waals surface area contributed by atoms with Crippen molar-refractivity contribution >= 4 is 14.2 Å². The van der Waals surface area contributed by atoms with Gasteiger partial charge in [0.05, 0.1) is 6.10 Å². The van der Waals surface area contributed by atoms with Crippen LogP contribution in [0.5, 0.6) is 0 Å². The summed E-state index contributed by atoms with van der Waals surface area (Å²) in [4.78, 5) is 13.5. The van der Waals surface area contributed by atoms with Gasteiger partial charge in [0.25, 0.3) is 0 Å². The molecule has 1 saturated heterocycles. The fourth-order valence-electron chi connectivity index (χ4n) is 9.44. The van der Waals surface area contributed by atoms with E-state index < -0.39 is 0 Å². The van der Waals surface area contributed by atoms with E-state index in [-0.39, 0.29) is 17.3 Å². The van der Waals surface area contributed by atoms with Crippen molar-refractivity contribution in [3.8, 4) is 0 Å². The molecular weight excluding hydrogens is 391 g/mol. The molecule has 5 aliphatic rings. The van der Waals surface area contributed by atoms with Gasteiger partial charge in [0.2, 0.25) is 0 Å². The summed E-state index contributed by atoms with van der Waals surface area (Å²) in [5, 5.41) is 0. The van der Waals surface area contributed by atoms with Crippen molar-refractivity contribution in [1.82, 2.24) is 0 Å². The van der Waals surface area contributed by atoms with E-state index in [1.807, 2.05) is 0 Å². The lowest BCUT2D eigenvalue weighted by Gasteiger charge is -2.54. The lowest BCUT2D eigenvalue weighted by molar-refractivity contribution is -0.130. The van der Waals surface area contributed by atoms with Gasteiger partial charge in [0.15, 0.2) is 0 Å². The topological polar surface area (TPSA) is 26.3 Å². The van der Waals surface area contributed by atoms with Crippen molar-refractivity contribution in [2.75, 3.05) is 6.61 Å². The van der Waals surface area contributed by atoms with Crippen LogP contribution in [-0.2, 0) is 9.53 Å². The molecule has 0 aromatic heterocycles. The number of carbonyl (C=O) groups is 1. The molecular formula is C29H52BO2. The highest BCUT2D eigenvalue weighted by molar-refractivity contribution is 5.84. The number of carbonyl (C=O) groups excluding carboxylic acids is 1. The number of fused-ring (bicyclic) bond motifs is 5. The first kappa shape index (κ1) is 26.3. The van der Waals surface area contributed by atoms with Gasteiger partial charge in [-0.2, -0.15) is 0 Å². The quantitative estimate of drug-likeness (QED) is 0.428.